The summed E-state index contributed by atoms with van der Waals surface area (Å²) in [6.07, 6.45) is 1.19. The van der Waals surface area contributed by atoms with Gasteiger partial charge in [-0.15, -0.1) is 0 Å². The van der Waals surface area contributed by atoms with E-state index < -0.39 is 23.3 Å². The molecule has 5 atom stereocenters. The Kier molecular flexibility index (Phi) is 12.5. The number of nitrogens with two attached hydrogens (primary N) is 1. The fourth-order valence-electron chi connectivity index (χ4n) is 5.14. The summed E-state index contributed by atoms with van der Waals surface area (Å²) in [6, 6.07) is 5.87. The number of hydrogen-bond donors (Lipinski definition) is 4. The molecule has 1 aromatic carbocycles. The molecule has 1 aliphatic heterocycles. The molecule has 2 rings (SSSR count). The number of methoxy groups -OCH3 is 2. The van der Waals surface area contributed by atoms with Gasteiger partial charge in [0, 0.05) is 44.7 Å². The third-order valence-electron chi connectivity index (χ3n) is 7.97. The molecule has 9 heteroatoms. The normalized spacial score (nSPS) is 21.2. The zero-order valence-electron chi connectivity index (χ0n) is 25.1. The van der Waals surface area contributed by atoms with Gasteiger partial charge in [0.1, 0.15) is 0 Å². The average Bonchev–Trinajstić information content (AvgIpc) is 3.34. The first kappa shape index (κ1) is 32.8. The van der Waals surface area contributed by atoms with Crippen LogP contribution in [0.3, 0.4) is 0 Å². The van der Waals surface area contributed by atoms with Crippen molar-refractivity contribution < 1.29 is 28.9 Å². The van der Waals surface area contributed by atoms with Crippen LogP contribution < -0.4 is 25.8 Å². The molecule has 0 spiro atoms. The Morgan fingerprint density at radius 2 is 1.85 bits per heavy atom. The van der Waals surface area contributed by atoms with E-state index in [0.29, 0.717) is 43.0 Å². The number of aliphatic hydroxyl groups excluding tert-OH is 1. The van der Waals surface area contributed by atoms with E-state index in [1.165, 1.54) is 0 Å². The monoisotopic (exact) mass is 549 g/mol. The highest BCUT2D eigenvalue weighted by molar-refractivity contribution is 5.83. The number of aliphatic hydroxyl groups is 1. The fourth-order valence-corrected chi connectivity index (χ4v) is 5.14. The second kappa shape index (κ2) is 14.9. The quantitative estimate of drug-likeness (QED) is 0.232. The van der Waals surface area contributed by atoms with Gasteiger partial charge in [-0.05, 0) is 62.1 Å². The Balaban J connectivity index is 2.16. The van der Waals surface area contributed by atoms with Gasteiger partial charge in [-0.25, -0.2) is 0 Å². The van der Waals surface area contributed by atoms with E-state index in [4.69, 9.17) is 19.9 Å². The molecule has 1 aliphatic rings. The predicted molar refractivity (Wildman–Crippen MR) is 153 cm³/mol. The lowest BCUT2D eigenvalue weighted by molar-refractivity contribution is -0.130. The van der Waals surface area contributed by atoms with Crippen molar-refractivity contribution in [3.8, 4) is 11.5 Å². The van der Waals surface area contributed by atoms with E-state index in [1.54, 1.807) is 28.1 Å². The maximum Gasteiger partial charge on any atom is 0.224 e. The molecular formula is C30H51N3O6. The number of carbonyl (C=O) groups is 2. The van der Waals surface area contributed by atoms with E-state index in [2.05, 4.69) is 24.5 Å². The van der Waals surface area contributed by atoms with Crippen molar-refractivity contribution in [1.82, 2.24) is 10.6 Å². The summed E-state index contributed by atoms with van der Waals surface area (Å²) < 4.78 is 16.6. The highest BCUT2D eigenvalue weighted by atomic mass is 16.5. The van der Waals surface area contributed by atoms with Crippen molar-refractivity contribution in [1.29, 1.82) is 0 Å². The lowest BCUT2D eigenvalue weighted by atomic mass is 9.82. The van der Waals surface area contributed by atoms with Crippen LogP contribution in [-0.4, -0.2) is 63.0 Å². The summed E-state index contributed by atoms with van der Waals surface area (Å²) in [7, 11) is 3.30. The second-order valence-corrected chi connectivity index (χ2v) is 12.1. The smallest absolute Gasteiger partial charge is 0.224 e. The molecule has 0 saturated carbocycles. The number of rotatable bonds is 16. The zero-order valence-corrected chi connectivity index (χ0v) is 25.1. The Hall–Kier alpha value is -2.36. The number of carbonyl (C=O) groups excluding carboxylic acids is 2. The van der Waals surface area contributed by atoms with E-state index in [9.17, 15) is 14.7 Å². The number of primary amides is 1. The van der Waals surface area contributed by atoms with Crippen LogP contribution in [0.4, 0.5) is 0 Å². The molecule has 5 N–H and O–H groups in total. The van der Waals surface area contributed by atoms with Gasteiger partial charge >= 0.3 is 0 Å². The number of hydrogen-bond acceptors (Lipinski definition) is 7. The van der Waals surface area contributed by atoms with Gasteiger partial charge in [0.15, 0.2) is 11.5 Å². The van der Waals surface area contributed by atoms with Crippen molar-refractivity contribution >= 4 is 11.8 Å². The number of ether oxygens (including phenoxy) is 3. The van der Waals surface area contributed by atoms with Crippen LogP contribution >= 0.6 is 0 Å². The van der Waals surface area contributed by atoms with Crippen LogP contribution in [0, 0.1) is 29.1 Å². The average molecular weight is 550 g/mol. The maximum atomic E-state index is 13.1. The minimum atomic E-state index is -0.842. The molecule has 0 aliphatic carbocycles. The molecule has 1 fully saturated rings. The van der Waals surface area contributed by atoms with Crippen LogP contribution in [0.5, 0.6) is 11.5 Å². The minimum absolute atomic E-state index is 0.0221. The first-order chi connectivity index (χ1) is 18.3. The van der Waals surface area contributed by atoms with Crippen LogP contribution in [0.2, 0.25) is 0 Å². The molecular weight excluding hydrogens is 498 g/mol. The number of benzene rings is 1. The molecule has 222 valence electrons. The predicted octanol–water partition coefficient (Wildman–Crippen LogP) is 3.44. The van der Waals surface area contributed by atoms with Crippen molar-refractivity contribution in [3.05, 3.63) is 23.8 Å². The van der Waals surface area contributed by atoms with E-state index in [0.717, 1.165) is 18.4 Å². The summed E-state index contributed by atoms with van der Waals surface area (Å²) in [5.74, 6) is 1.04. The third-order valence-corrected chi connectivity index (χ3v) is 7.97. The standard InChI is InChI=1S/C30H51N3O6/c1-18(2)21-15-23(24(34)16-22(19(3)4)28(35)32-17-30(5,6)29(31)36)33-27(21)20-10-11-25(38-8)26(14-20)39-13-9-12-37-7/h10-11,14,18-19,21-24,27,33-34H,9,12-13,15-17H2,1-8H3,(H2,31,36)(H,32,35)/t21?,22-,23-,24-,27?/m0/s1. The number of amides is 2. The van der Waals surface area contributed by atoms with Crippen molar-refractivity contribution in [3.63, 3.8) is 0 Å². The highest BCUT2D eigenvalue weighted by Gasteiger charge is 2.41. The molecule has 1 aromatic rings. The van der Waals surface area contributed by atoms with Gasteiger partial charge in [-0.3, -0.25) is 9.59 Å². The highest BCUT2D eigenvalue weighted by Crippen LogP contribution is 2.41. The van der Waals surface area contributed by atoms with Gasteiger partial charge in [-0.1, -0.05) is 33.8 Å². The first-order valence-corrected chi connectivity index (χ1v) is 14.1. The van der Waals surface area contributed by atoms with Gasteiger partial charge in [0.25, 0.3) is 0 Å². The third kappa shape index (κ3) is 9.08. The molecule has 1 heterocycles. The molecule has 0 bridgehead atoms. The van der Waals surface area contributed by atoms with E-state index in [1.807, 2.05) is 32.0 Å². The Morgan fingerprint density at radius 3 is 2.41 bits per heavy atom. The van der Waals surface area contributed by atoms with Crippen molar-refractivity contribution in [2.75, 3.05) is 34.0 Å². The summed E-state index contributed by atoms with van der Waals surface area (Å²) in [6.45, 7) is 13.1. The van der Waals surface area contributed by atoms with Crippen LogP contribution in [-0.2, 0) is 14.3 Å². The largest absolute Gasteiger partial charge is 0.493 e. The van der Waals surface area contributed by atoms with Crippen LogP contribution in [0.15, 0.2) is 18.2 Å². The summed E-state index contributed by atoms with van der Waals surface area (Å²) in [4.78, 5) is 24.7. The number of nitrogens with one attached hydrogen (secondary N) is 2. The Bertz CT molecular complexity index is 935. The first-order valence-electron chi connectivity index (χ1n) is 14.1. The second-order valence-electron chi connectivity index (χ2n) is 12.1. The lowest BCUT2D eigenvalue weighted by Gasteiger charge is -2.28. The molecule has 39 heavy (non-hydrogen) atoms. The zero-order chi connectivity index (χ0) is 29.3. The van der Waals surface area contributed by atoms with Gasteiger partial charge in [0.2, 0.25) is 11.8 Å². The van der Waals surface area contributed by atoms with Crippen LogP contribution in [0.1, 0.15) is 72.4 Å². The fraction of sp³-hybridized carbons (Fsp3) is 0.733. The minimum Gasteiger partial charge on any atom is -0.493 e. The van der Waals surface area contributed by atoms with Crippen molar-refractivity contribution in [2.45, 2.75) is 79.0 Å². The van der Waals surface area contributed by atoms with Gasteiger partial charge in [-0.2, -0.15) is 0 Å². The summed E-state index contributed by atoms with van der Waals surface area (Å²) >= 11 is 0. The molecule has 0 aromatic heterocycles. The van der Waals surface area contributed by atoms with Crippen molar-refractivity contribution in [2.24, 2.45) is 34.8 Å². The summed E-state index contributed by atoms with van der Waals surface area (Å²) in [5, 5.41) is 17.9. The van der Waals surface area contributed by atoms with E-state index >= 15 is 0 Å². The van der Waals surface area contributed by atoms with Gasteiger partial charge in [0.05, 0.1) is 25.2 Å². The lowest BCUT2D eigenvalue weighted by Crippen LogP contribution is -2.46. The Labute approximate surface area is 234 Å². The van der Waals surface area contributed by atoms with E-state index in [-0.39, 0.29) is 30.5 Å². The SMILES string of the molecule is COCCCOc1cc(C2N[C@H]([C@@H](O)C[C@H](C(=O)NCC(C)(C)C(N)=O)C(C)C)CC2C(C)C)ccc1OC. The topological polar surface area (TPSA) is 132 Å². The molecule has 9 nitrogen and oxygen atoms in total. The molecule has 2 amide bonds. The maximum absolute atomic E-state index is 13.1. The molecule has 1 saturated heterocycles. The molecule has 2 unspecified atom stereocenters. The van der Waals surface area contributed by atoms with Crippen LogP contribution in [0.25, 0.3) is 0 Å². The molecule has 0 radical (unpaired) electrons. The summed E-state index contributed by atoms with van der Waals surface area (Å²) in [5.41, 5.74) is 5.70. The Morgan fingerprint density at radius 1 is 1.15 bits per heavy atom. The van der Waals surface area contributed by atoms with Gasteiger partial charge < -0.3 is 35.7 Å².